The van der Waals surface area contributed by atoms with E-state index < -0.39 is 17.5 Å². The minimum atomic E-state index is -0.692. The lowest BCUT2D eigenvalue weighted by Gasteiger charge is -2.38. The monoisotopic (exact) mass is 579 g/mol. The Morgan fingerprint density at radius 1 is 1.10 bits per heavy atom. The second kappa shape index (κ2) is 14.6. The summed E-state index contributed by atoms with van der Waals surface area (Å²) in [5.41, 5.74) is 8.95. The maximum Gasteiger partial charge on any atom is 0.274 e. The SMILES string of the molecule is CCC.CC[C@@H]1C[C@H](N)CN(c2ccncc2NC(=O)c2ccc(F)c(-c3c(C)cc(C4CCOCC4)cc3F)n2)C1. The Bertz CT molecular complexity index is 1340. The molecule has 42 heavy (non-hydrogen) atoms. The fraction of sp³-hybridized carbons (Fsp3) is 0.485. The molecule has 7 nitrogen and oxygen atoms in total. The molecule has 2 aliphatic heterocycles. The third-order valence-corrected chi connectivity index (χ3v) is 7.85. The fourth-order valence-corrected chi connectivity index (χ4v) is 5.77. The third-order valence-electron chi connectivity index (χ3n) is 7.85. The summed E-state index contributed by atoms with van der Waals surface area (Å²) >= 11 is 0. The van der Waals surface area contributed by atoms with Crippen molar-refractivity contribution in [3.8, 4) is 11.3 Å². The molecule has 2 saturated heterocycles. The van der Waals surface area contributed by atoms with Gasteiger partial charge in [-0.25, -0.2) is 13.8 Å². The predicted molar refractivity (Wildman–Crippen MR) is 164 cm³/mol. The Balaban J connectivity index is 0.00000129. The van der Waals surface area contributed by atoms with Crippen molar-refractivity contribution in [2.75, 3.05) is 36.5 Å². The summed E-state index contributed by atoms with van der Waals surface area (Å²) in [5, 5.41) is 2.88. The maximum atomic E-state index is 15.4. The number of ether oxygens (including phenoxy) is 1. The van der Waals surface area contributed by atoms with E-state index in [-0.39, 0.29) is 28.9 Å². The minimum Gasteiger partial charge on any atom is -0.381 e. The van der Waals surface area contributed by atoms with Crippen LogP contribution in [0, 0.1) is 24.5 Å². The standard InChI is InChI=1S/C30H35F2N5O2.C3H8/c1-3-19-13-22(33)17-37(16-19)27-6-9-34-15-26(27)36-30(38)25-5-4-23(31)29(35-25)28-18(2)12-21(14-24(28)32)20-7-10-39-11-8-20;1-3-2/h4-6,9,12,14-15,19-20,22H,3,7-8,10-11,13,16-17,33H2,1-2H3,(H,36,38);3H2,1-2H3/t19-,22+;/m1./s1. The summed E-state index contributed by atoms with van der Waals surface area (Å²) < 4.78 is 35.8. The minimum absolute atomic E-state index is 0.0183. The zero-order valence-corrected chi connectivity index (χ0v) is 25.1. The fourth-order valence-electron chi connectivity index (χ4n) is 5.77. The van der Waals surface area contributed by atoms with Crippen LogP contribution in [-0.4, -0.2) is 48.2 Å². The molecular weight excluding hydrogens is 536 g/mol. The summed E-state index contributed by atoms with van der Waals surface area (Å²) in [7, 11) is 0. The molecule has 1 aromatic carbocycles. The van der Waals surface area contributed by atoms with Crippen LogP contribution in [0.1, 0.15) is 80.4 Å². The Kier molecular flexibility index (Phi) is 11.0. The Hall–Kier alpha value is -3.43. The molecule has 2 fully saturated rings. The summed E-state index contributed by atoms with van der Waals surface area (Å²) in [6.07, 6.45) is 8.13. The van der Waals surface area contributed by atoms with Gasteiger partial charge in [0.05, 0.1) is 17.6 Å². The van der Waals surface area contributed by atoms with Crippen LogP contribution in [0.3, 0.4) is 0 Å². The quantitative estimate of drug-likeness (QED) is 0.332. The maximum absolute atomic E-state index is 15.4. The summed E-state index contributed by atoms with van der Waals surface area (Å²) in [4.78, 5) is 23.9. The number of carbonyl (C=O) groups is 1. The molecule has 2 atom stereocenters. The van der Waals surface area contributed by atoms with Gasteiger partial charge in [-0.15, -0.1) is 0 Å². The number of carbonyl (C=O) groups excluding carboxylic acids is 1. The number of rotatable bonds is 6. The van der Waals surface area contributed by atoms with E-state index in [2.05, 4.69) is 41.0 Å². The van der Waals surface area contributed by atoms with Gasteiger partial charge in [0.1, 0.15) is 23.0 Å². The van der Waals surface area contributed by atoms with Gasteiger partial charge < -0.3 is 20.7 Å². The molecular formula is C33H43F2N5O2. The van der Waals surface area contributed by atoms with Crippen LogP contribution in [0.25, 0.3) is 11.3 Å². The van der Waals surface area contributed by atoms with Gasteiger partial charge >= 0.3 is 0 Å². The van der Waals surface area contributed by atoms with Crippen LogP contribution in [0.2, 0.25) is 0 Å². The number of nitrogens with zero attached hydrogens (tertiary/aromatic N) is 3. The lowest BCUT2D eigenvalue weighted by molar-refractivity contribution is 0.0852. The Labute approximate surface area is 247 Å². The van der Waals surface area contributed by atoms with Crippen LogP contribution in [-0.2, 0) is 4.74 Å². The van der Waals surface area contributed by atoms with Crippen LogP contribution in [0.4, 0.5) is 20.2 Å². The summed E-state index contributed by atoms with van der Waals surface area (Å²) in [5.74, 6) is -1.12. The Morgan fingerprint density at radius 3 is 2.52 bits per heavy atom. The second-order valence-electron chi connectivity index (χ2n) is 11.3. The van der Waals surface area contributed by atoms with Crippen LogP contribution >= 0.6 is 0 Å². The van der Waals surface area contributed by atoms with E-state index in [9.17, 15) is 9.18 Å². The number of piperidine rings is 1. The molecule has 3 N–H and O–H groups in total. The lowest BCUT2D eigenvalue weighted by atomic mass is 9.88. The molecule has 0 radical (unpaired) electrons. The average Bonchev–Trinajstić information content (AvgIpc) is 2.98. The number of benzene rings is 1. The van der Waals surface area contributed by atoms with Gasteiger partial charge in [-0.05, 0) is 73.4 Å². The molecule has 9 heteroatoms. The number of aromatic nitrogens is 2. The lowest BCUT2D eigenvalue weighted by Crippen LogP contribution is -2.47. The first-order valence-electron chi connectivity index (χ1n) is 15.1. The van der Waals surface area contributed by atoms with Crippen molar-refractivity contribution < 1.29 is 18.3 Å². The highest BCUT2D eigenvalue weighted by atomic mass is 19.1. The van der Waals surface area contributed by atoms with Crippen LogP contribution < -0.4 is 16.0 Å². The highest BCUT2D eigenvalue weighted by Crippen LogP contribution is 2.35. The van der Waals surface area contributed by atoms with E-state index in [0.717, 1.165) is 49.5 Å². The number of nitrogens with two attached hydrogens (primary N) is 1. The number of halogens is 2. The number of hydrogen-bond donors (Lipinski definition) is 2. The highest BCUT2D eigenvalue weighted by Gasteiger charge is 2.27. The number of pyridine rings is 2. The van der Waals surface area contributed by atoms with Crippen molar-refractivity contribution >= 4 is 17.3 Å². The number of aryl methyl sites for hydroxylation is 1. The molecule has 0 bridgehead atoms. The van der Waals surface area contributed by atoms with Gasteiger partial charge in [-0.1, -0.05) is 39.7 Å². The highest BCUT2D eigenvalue weighted by molar-refractivity contribution is 6.04. The third kappa shape index (κ3) is 7.50. The molecule has 5 rings (SSSR count). The molecule has 0 saturated carbocycles. The van der Waals surface area contributed by atoms with Gasteiger partial charge in [-0.2, -0.15) is 0 Å². The van der Waals surface area contributed by atoms with E-state index in [0.29, 0.717) is 36.9 Å². The number of anilines is 2. The molecule has 4 heterocycles. The predicted octanol–water partition coefficient (Wildman–Crippen LogP) is 6.86. The summed E-state index contributed by atoms with van der Waals surface area (Å²) in [6.45, 7) is 10.9. The Morgan fingerprint density at radius 2 is 1.83 bits per heavy atom. The van der Waals surface area contributed by atoms with Crippen LogP contribution in [0.5, 0.6) is 0 Å². The number of hydrogen-bond acceptors (Lipinski definition) is 6. The van der Waals surface area contributed by atoms with Gasteiger partial charge in [0.2, 0.25) is 0 Å². The molecule has 1 amide bonds. The van der Waals surface area contributed by atoms with Crippen molar-refractivity contribution in [3.63, 3.8) is 0 Å². The molecule has 0 unspecified atom stereocenters. The van der Waals surface area contributed by atoms with Crippen molar-refractivity contribution in [1.82, 2.24) is 9.97 Å². The average molecular weight is 580 g/mol. The smallest absolute Gasteiger partial charge is 0.274 e. The van der Waals surface area contributed by atoms with E-state index in [1.54, 1.807) is 19.3 Å². The largest absolute Gasteiger partial charge is 0.381 e. The molecule has 2 aromatic heterocycles. The van der Waals surface area contributed by atoms with Gasteiger partial charge in [0, 0.05) is 44.1 Å². The first-order valence-corrected chi connectivity index (χ1v) is 15.1. The van der Waals surface area contributed by atoms with E-state index in [1.807, 2.05) is 12.1 Å². The van der Waals surface area contributed by atoms with Gasteiger partial charge in [0.25, 0.3) is 5.91 Å². The zero-order valence-electron chi connectivity index (χ0n) is 25.1. The van der Waals surface area contributed by atoms with Crippen molar-refractivity contribution in [3.05, 3.63) is 71.2 Å². The first-order chi connectivity index (χ1) is 20.2. The van der Waals surface area contributed by atoms with E-state index >= 15 is 4.39 Å². The number of nitrogens with one attached hydrogen (secondary N) is 1. The topological polar surface area (TPSA) is 93.4 Å². The molecule has 2 aliphatic rings. The van der Waals surface area contributed by atoms with E-state index in [1.165, 1.54) is 18.6 Å². The second-order valence-corrected chi connectivity index (χ2v) is 11.3. The molecule has 226 valence electrons. The summed E-state index contributed by atoms with van der Waals surface area (Å²) in [6, 6.07) is 7.69. The van der Waals surface area contributed by atoms with Crippen molar-refractivity contribution in [2.45, 2.75) is 71.8 Å². The van der Waals surface area contributed by atoms with E-state index in [4.69, 9.17) is 10.5 Å². The zero-order chi connectivity index (χ0) is 30.2. The van der Waals surface area contributed by atoms with Gasteiger partial charge in [-0.3, -0.25) is 9.78 Å². The normalized spacial score (nSPS) is 19.2. The van der Waals surface area contributed by atoms with Gasteiger partial charge in [0.15, 0.2) is 0 Å². The molecule has 0 spiro atoms. The first kappa shape index (κ1) is 31.5. The molecule has 3 aromatic rings. The number of amides is 1. The van der Waals surface area contributed by atoms with Crippen LogP contribution in [0.15, 0.2) is 42.7 Å². The van der Waals surface area contributed by atoms with Crippen molar-refractivity contribution in [2.24, 2.45) is 11.7 Å². The van der Waals surface area contributed by atoms with Crippen molar-refractivity contribution in [1.29, 1.82) is 0 Å². The molecule has 0 aliphatic carbocycles.